The molecule has 0 N–H and O–H groups in total. The molecule has 1 aliphatic heterocycles. The van der Waals surface area contributed by atoms with Gasteiger partial charge < -0.3 is 9.30 Å². The van der Waals surface area contributed by atoms with Gasteiger partial charge in [0.1, 0.15) is 5.82 Å². The van der Waals surface area contributed by atoms with Crippen molar-refractivity contribution in [3.05, 3.63) is 53.1 Å². The van der Waals surface area contributed by atoms with Crippen molar-refractivity contribution in [3.63, 3.8) is 0 Å². The molecule has 2 heterocycles. The Morgan fingerprint density at radius 1 is 1.33 bits per heavy atom. The normalized spacial score (nSPS) is 18.0. The average molecular weight is 324 g/mol. The van der Waals surface area contributed by atoms with Crippen LogP contribution in [-0.4, -0.2) is 41.3 Å². The first kappa shape index (κ1) is 16.7. The zero-order chi connectivity index (χ0) is 16.9. The minimum Gasteiger partial charge on any atom is -0.383 e. The summed E-state index contributed by atoms with van der Waals surface area (Å²) in [7, 11) is 1.74. The highest BCUT2D eigenvalue weighted by Crippen LogP contribution is 2.28. The summed E-state index contributed by atoms with van der Waals surface area (Å²) in [6, 6.07) is 10.1. The molecule has 5 nitrogen and oxygen atoms in total. The summed E-state index contributed by atoms with van der Waals surface area (Å²) in [5.74, 6) is 1.67. The standard InChI is InChI=1S/C19H24N4O/c1-15-12-21-19(23(15)9-10-24-2)18-7-8-22(14-18)13-17-5-3-16(11-20)4-6-17/h3-6,12,18H,7-10,13-14H2,1-2H3. The molecule has 1 aromatic heterocycles. The largest absolute Gasteiger partial charge is 0.383 e. The fraction of sp³-hybridized carbons (Fsp3) is 0.474. The van der Waals surface area contributed by atoms with Gasteiger partial charge in [-0.25, -0.2) is 4.98 Å². The zero-order valence-electron chi connectivity index (χ0n) is 14.4. The van der Waals surface area contributed by atoms with E-state index >= 15 is 0 Å². The molecular formula is C19H24N4O. The van der Waals surface area contributed by atoms with Crippen molar-refractivity contribution in [2.75, 3.05) is 26.8 Å². The number of methoxy groups -OCH3 is 1. The predicted molar refractivity (Wildman–Crippen MR) is 92.6 cm³/mol. The van der Waals surface area contributed by atoms with E-state index in [0.717, 1.165) is 32.6 Å². The van der Waals surface area contributed by atoms with Gasteiger partial charge in [0.05, 0.1) is 18.2 Å². The number of rotatable bonds is 6. The lowest BCUT2D eigenvalue weighted by atomic mass is 10.1. The first-order valence-corrected chi connectivity index (χ1v) is 8.43. The number of nitrogens with zero attached hydrogens (tertiary/aromatic N) is 4. The smallest absolute Gasteiger partial charge is 0.113 e. The molecule has 1 saturated heterocycles. The van der Waals surface area contributed by atoms with Crippen molar-refractivity contribution in [2.45, 2.75) is 32.4 Å². The second kappa shape index (κ2) is 7.61. The lowest BCUT2D eigenvalue weighted by Gasteiger charge is -2.17. The Bertz CT molecular complexity index is 714. The van der Waals surface area contributed by atoms with Crippen molar-refractivity contribution in [1.29, 1.82) is 5.26 Å². The number of ether oxygens (including phenoxy) is 1. The number of likely N-dealkylation sites (tertiary alicyclic amines) is 1. The molecule has 0 bridgehead atoms. The van der Waals surface area contributed by atoms with Gasteiger partial charge in [0, 0.05) is 44.6 Å². The Labute approximate surface area is 143 Å². The highest BCUT2D eigenvalue weighted by Gasteiger charge is 2.27. The van der Waals surface area contributed by atoms with Crippen LogP contribution in [-0.2, 0) is 17.8 Å². The van der Waals surface area contributed by atoms with E-state index in [1.165, 1.54) is 17.1 Å². The highest BCUT2D eigenvalue weighted by atomic mass is 16.5. The van der Waals surface area contributed by atoms with Gasteiger partial charge in [-0.3, -0.25) is 4.90 Å². The van der Waals surface area contributed by atoms with Crippen LogP contribution in [0.25, 0.3) is 0 Å². The molecule has 1 fully saturated rings. The number of imidazole rings is 1. The average Bonchev–Trinajstić information content (AvgIpc) is 3.20. The molecule has 3 rings (SSSR count). The maximum absolute atomic E-state index is 8.88. The van der Waals surface area contributed by atoms with E-state index in [1.54, 1.807) is 7.11 Å². The zero-order valence-corrected chi connectivity index (χ0v) is 14.4. The van der Waals surface area contributed by atoms with Crippen molar-refractivity contribution in [3.8, 4) is 6.07 Å². The number of nitriles is 1. The molecule has 0 aliphatic carbocycles. The fourth-order valence-electron chi connectivity index (χ4n) is 3.41. The van der Waals surface area contributed by atoms with Gasteiger partial charge in [0.25, 0.3) is 0 Å². The molecule has 0 radical (unpaired) electrons. The molecule has 1 aliphatic rings. The fourth-order valence-corrected chi connectivity index (χ4v) is 3.41. The molecular weight excluding hydrogens is 300 g/mol. The molecule has 0 spiro atoms. The number of hydrogen-bond acceptors (Lipinski definition) is 4. The van der Waals surface area contributed by atoms with Crippen LogP contribution in [0, 0.1) is 18.3 Å². The maximum atomic E-state index is 8.88. The Kier molecular flexibility index (Phi) is 5.29. The van der Waals surface area contributed by atoms with Gasteiger partial charge in [-0.05, 0) is 37.6 Å². The van der Waals surface area contributed by atoms with Gasteiger partial charge >= 0.3 is 0 Å². The maximum Gasteiger partial charge on any atom is 0.113 e. The van der Waals surface area contributed by atoms with Crippen LogP contribution in [0.5, 0.6) is 0 Å². The van der Waals surface area contributed by atoms with Crippen LogP contribution in [0.1, 0.15) is 35.0 Å². The van der Waals surface area contributed by atoms with E-state index in [0.29, 0.717) is 18.1 Å². The third-order valence-electron chi connectivity index (χ3n) is 4.73. The molecule has 126 valence electrons. The van der Waals surface area contributed by atoms with E-state index in [9.17, 15) is 0 Å². The molecule has 0 saturated carbocycles. The molecule has 5 heteroatoms. The molecule has 0 amide bonds. The summed E-state index contributed by atoms with van der Waals surface area (Å²) in [6.45, 7) is 6.73. The summed E-state index contributed by atoms with van der Waals surface area (Å²) in [5.41, 5.74) is 3.18. The second-order valence-electron chi connectivity index (χ2n) is 6.43. The van der Waals surface area contributed by atoms with Crippen molar-refractivity contribution in [2.24, 2.45) is 0 Å². The van der Waals surface area contributed by atoms with Crippen LogP contribution in [0.3, 0.4) is 0 Å². The van der Waals surface area contributed by atoms with Gasteiger partial charge in [0.2, 0.25) is 0 Å². The first-order valence-electron chi connectivity index (χ1n) is 8.43. The monoisotopic (exact) mass is 324 g/mol. The molecule has 2 aromatic rings. The molecule has 1 aromatic carbocycles. The van der Waals surface area contributed by atoms with E-state index < -0.39 is 0 Å². The Hall–Kier alpha value is -2.16. The molecule has 24 heavy (non-hydrogen) atoms. The summed E-state index contributed by atoms with van der Waals surface area (Å²) in [5, 5.41) is 8.88. The van der Waals surface area contributed by atoms with Gasteiger partial charge in [-0.1, -0.05) is 12.1 Å². The minimum absolute atomic E-state index is 0.480. The SMILES string of the molecule is COCCn1c(C)cnc1C1CCN(Cc2ccc(C#N)cc2)C1. The Balaban J connectivity index is 1.64. The lowest BCUT2D eigenvalue weighted by Crippen LogP contribution is -2.21. The van der Waals surface area contributed by atoms with Crippen LogP contribution in [0.4, 0.5) is 0 Å². The van der Waals surface area contributed by atoms with E-state index in [2.05, 4.69) is 39.6 Å². The Morgan fingerprint density at radius 2 is 2.12 bits per heavy atom. The minimum atomic E-state index is 0.480. The second-order valence-corrected chi connectivity index (χ2v) is 6.43. The number of hydrogen-bond donors (Lipinski definition) is 0. The highest BCUT2D eigenvalue weighted by molar-refractivity contribution is 5.31. The van der Waals surface area contributed by atoms with Crippen LogP contribution in [0.15, 0.2) is 30.5 Å². The quantitative estimate of drug-likeness (QED) is 0.820. The summed E-state index contributed by atoms with van der Waals surface area (Å²) in [4.78, 5) is 7.13. The first-order chi connectivity index (χ1) is 11.7. The number of aryl methyl sites for hydroxylation is 1. The molecule has 1 atom stereocenters. The molecule has 1 unspecified atom stereocenters. The summed E-state index contributed by atoms with van der Waals surface area (Å²) in [6.07, 6.45) is 3.11. The Morgan fingerprint density at radius 3 is 2.83 bits per heavy atom. The third-order valence-corrected chi connectivity index (χ3v) is 4.73. The lowest BCUT2D eigenvalue weighted by molar-refractivity contribution is 0.185. The van der Waals surface area contributed by atoms with Crippen molar-refractivity contribution >= 4 is 0 Å². The van der Waals surface area contributed by atoms with Gasteiger partial charge in [-0.2, -0.15) is 5.26 Å². The third kappa shape index (κ3) is 3.66. The predicted octanol–water partition coefficient (Wildman–Crippen LogP) is 2.70. The van der Waals surface area contributed by atoms with Crippen LogP contribution >= 0.6 is 0 Å². The summed E-state index contributed by atoms with van der Waals surface area (Å²) < 4.78 is 7.52. The van der Waals surface area contributed by atoms with E-state index in [1.807, 2.05) is 18.3 Å². The van der Waals surface area contributed by atoms with Gasteiger partial charge in [0.15, 0.2) is 0 Å². The van der Waals surface area contributed by atoms with E-state index in [4.69, 9.17) is 10.00 Å². The number of aromatic nitrogens is 2. The van der Waals surface area contributed by atoms with Gasteiger partial charge in [-0.15, -0.1) is 0 Å². The summed E-state index contributed by atoms with van der Waals surface area (Å²) >= 11 is 0. The van der Waals surface area contributed by atoms with Crippen LogP contribution < -0.4 is 0 Å². The number of benzene rings is 1. The topological polar surface area (TPSA) is 54.1 Å². The van der Waals surface area contributed by atoms with Crippen molar-refractivity contribution < 1.29 is 4.74 Å². The van der Waals surface area contributed by atoms with E-state index in [-0.39, 0.29) is 0 Å². The van der Waals surface area contributed by atoms with Crippen molar-refractivity contribution in [1.82, 2.24) is 14.5 Å². The van der Waals surface area contributed by atoms with Crippen LogP contribution in [0.2, 0.25) is 0 Å².